The van der Waals surface area contributed by atoms with Gasteiger partial charge < -0.3 is 15.2 Å². The molecule has 2 heterocycles. The van der Waals surface area contributed by atoms with E-state index in [2.05, 4.69) is 39.6 Å². The van der Waals surface area contributed by atoms with Gasteiger partial charge in [-0.25, -0.2) is 4.98 Å². The number of aromatic amines is 1. The van der Waals surface area contributed by atoms with Crippen molar-refractivity contribution in [3.63, 3.8) is 0 Å². The zero-order valence-corrected chi connectivity index (χ0v) is 17.0. The van der Waals surface area contributed by atoms with Crippen LogP contribution in [0.3, 0.4) is 0 Å². The molecule has 0 atom stereocenters. The van der Waals surface area contributed by atoms with Crippen LogP contribution in [0.15, 0.2) is 36.7 Å². The molecule has 1 aromatic carbocycles. The Labute approximate surface area is 166 Å². The summed E-state index contributed by atoms with van der Waals surface area (Å²) < 4.78 is 0. The summed E-state index contributed by atoms with van der Waals surface area (Å²) in [6.45, 7) is 8.07. The van der Waals surface area contributed by atoms with E-state index in [0.29, 0.717) is 25.6 Å². The van der Waals surface area contributed by atoms with Crippen LogP contribution < -0.4 is 5.32 Å². The third-order valence-electron chi connectivity index (χ3n) is 5.12. The molecule has 6 heteroatoms. The van der Waals surface area contributed by atoms with Crippen LogP contribution in [-0.2, 0) is 6.42 Å². The highest BCUT2D eigenvalue weighted by molar-refractivity contribution is 6.04. The van der Waals surface area contributed by atoms with E-state index in [4.69, 9.17) is 0 Å². The quantitative estimate of drug-likeness (QED) is 0.833. The van der Waals surface area contributed by atoms with Crippen LogP contribution in [0.25, 0.3) is 0 Å². The molecule has 2 aromatic rings. The van der Waals surface area contributed by atoms with Crippen LogP contribution >= 0.6 is 0 Å². The second-order valence-corrected chi connectivity index (χ2v) is 8.79. The average molecular weight is 383 g/mol. The van der Waals surface area contributed by atoms with Crippen LogP contribution in [-0.4, -0.2) is 46.3 Å². The van der Waals surface area contributed by atoms with Crippen LogP contribution in [0.4, 0.5) is 0 Å². The molecule has 0 bridgehead atoms. The number of likely N-dealkylation sites (tertiary alicyclic amines) is 1. The van der Waals surface area contributed by atoms with Gasteiger partial charge >= 0.3 is 0 Å². The number of H-pyrrole nitrogens is 1. The Morgan fingerprint density at radius 3 is 2.50 bits per heavy atom. The number of hydrogen-bond acceptors (Lipinski definition) is 3. The lowest BCUT2D eigenvalue weighted by atomic mass is 9.90. The maximum absolute atomic E-state index is 12.9. The highest BCUT2D eigenvalue weighted by Gasteiger charge is 2.28. The Bertz CT molecular complexity index is 799. The van der Waals surface area contributed by atoms with Gasteiger partial charge in [-0.05, 0) is 36.2 Å². The number of nitrogens with zero attached hydrogens (tertiary/aromatic N) is 2. The molecule has 28 heavy (non-hydrogen) atoms. The molecule has 3 rings (SSSR count). The number of hydrogen-bond donors (Lipinski definition) is 2. The molecule has 0 saturated carbocycles. The molecule has 0 spiro atoms. The zero-order chi connectivity index (χ0) is 20.1. The second kappa shape index (κ2) is 8.59. The fraction of sp³-hybridized carbons (Fsp3) is 0.500. The van der Waals surface area contributed by atoms with Gasteiger partial charge in [0.25, 0.3) is 11.8 Å². The number of carbonyl (C=O) groups excluding carboxylic acids is 2. The molecular formula is C22H30N4O2. The first-order valence-electron chi connectivity index (χ1n) is 9.98. The summed E-state index contributed by atoms with van der Waals surface area (Å²) in [6.07, 6.45) is 4.41. The van der Waals surface area contributed by atoms with Gasteiger partial charge in [0.2, 0.25) is 0 Å². The fourth-order valence-electron chi connectivity index (χ4n) is 3.50. The summed E-state index contributed by atoms with van der Waals surface area (Å²) in [5.74, 6) is 0.137. The Hall–Kier alpha value is -2.63. The third-order valence-corrected chi connectivity index (χ3v) is 5.12. The second-order valence-electron chi connectivity index (χ2n) is 8.79. The number of nitrogens with one attached hydrogen (secondary N) is 2. The lowest BCUT2D eigenvalue weighted by Crippen LogP contribution is -2.40. The maximum atomic E-state index is 12.9. The van der Waals surface area contributed by atoms with Gasteiger partial charge in [-0.3, -0.25) is 9.59 Å². The largest absolute Gasteiger partial charge is 0.350 e. The number of benzene rings is 1. The van der Waals surface area contributed by atoms with E-state index in [9.17, 15) is 9.59 Å². The molecule has 0 aliphatic carbocycles. The van der Waals surface area contributed by atoms with E-state index >= 15 is 0 Å². The smallest absolute Gasteiger partial charge is 0.272 e. The molecule has 2 amide bonds. The first kappa shape index (κ1) is 20.1. The lowest BCUT2D eigenvalue weighted by Gasteiger charge is -2.32. The minimum atomic E-state index is -0.307. The van der Waals surface area contributed by atoms with Crippen molar-refractivity contribution in [3.8, 4) is 0 Å². The van der Waals surface area contributed by atoms with E-state index in [1.165, 1.54) is 11.9 Å². The van der Waals surface area contributed by atoms with Crippen molar-refractivity contribution in [2.24, 2.45) is 11.3 Å². The van der Waals surface area contributed by atoms with E-state index in [1.807, 2.05) is 31.7 Å². The van der Waals surface area contributed by atoms with Gasteiger partial charge in [0.1, 0.15) is 5.69 Å². The van der Waals surface area contributed by atoms with E-state index in [-0.39, 0.29) is 28.6 Å². The summed E-state index contributed by atoms with van der Waals surface area (Å²) in [7, 11) is 0. The van der Waals surface area contributed by atoms with E-state index in [1.54, 1.807) is 0 Å². The van der Waals surface area contributed by atoms with Crippen LogP contribution in [0.1, 0.15) is 60.2 Å². The molecule has 0 radical (unpaired) electrons. The Morgan fingerprint density at radius 2 is 1.86 bits per heavy atom. The number of rotatable bonds is 5. The summed E-state index contributed by atoms with van der Waals surface area (Å²) in [5, 5.41) is 2.87. The van der Waals surface area contributed by atoms with Crippen LogP contribution in [0.5, 0.6) is 0 Å². The number of piperidine rings is 1. The van der Waals surface area contributed by atoms with Crippen LogP contribution in [0, 0.1) is 11.3 Å². The highest BCUT2D eigenvalue weighted by Crippen LogP contribution is 2.23. The van der Waals surface area contributed by atoms with Crippen molar-refractivity contribution in [3.05, 3.63) is 53.6 Å². The molecule has 0 unspecified atom stereocenters. The molecule has 1 aliphatic rings. The van der Waals surface area contributed by atoms with Gasteiger partial charge in [0.05, 0.1) is 6.33 Å². The molecular weight excluding hydrogens is 352 g/mol. The van der Waals surface area contributed by atoms with Crippen LogP contribution in [0.2, 0.25) is 0 Å². The Balaban J connectivity index is 1.57. The van der Waals surface area contributed by atoms with Crippen molar-refractivity contribution < 1.29 is 9.59 Å². The molecule has 1 fully saturated rings. The van der Waals surface area contributed by atoms with Gasteiger partial charge in [0, 0.05) is 19.6 Å². The fourth-order valence-corrected chi connectivity index (χ4v) is 3.50. The minimum absolute atomic E-state index is 0.0310. The normalized spacial score (nSPS) is 15.5. The van der Waals surface area contributed by atoms with Crippen molar-refractivity contribution in [2.45, 2.75) is 40.0 Å². The number of aromatic nitrogens is 2. The predicted molar refractivity (Wildman–Crippen MR) is 109 cm³/mol. The highest BCUT2D eigenvalue weighted by atomic mass is 16.2. The van der Waals surface area contributed by atoms with Gasteiger partial charge in [-0.2, -0.15) is 0 Å². The standard InChI is InChI=1S/C22H30N4O2/c1-22(2,3)14-23-20(27)18-19(25-15-24-18)21(28)26-11-9-17(10-12-26)13-16-7-5-4-6-8-16/h4-8,15,17H,9-14H2,1-3H3,(H,23,27)(H,24,25). The molecule has 6 nitrogen and oxygen atoms in total. The maximum Gasteiger partial charge on any atom is 0.272 e. The Kier molecular flexibility index (Phi) is 6.17. The van der Waals surface area contributed by atoms with Crippen molar-refractivity contribution in [1.82, 2.24) is 20.2 Å². The van der Waals surface area contributed by atoms with E-state index < -0.39 is 0 Å². The summed E-state index contributed by atoms with van der Waals surface area (Å²) in [5.41, 5.74) is 1.78. The van der Waals surface area contributed by atoms with E-state index in [0.717, 1.165) is 19.3 Å². The zero-order valence-electron chi connectivity index (χ0n) is 17.0. The third kappa shape index (κ3) is 5.21. The summed E-state index contributed by atoms with van der Waals surface area (Å²) in [4.78, 5) is 34.2. The molecule has 1 aromatic heterocycles. The lowest BCUT2D eigenvalue weighted by molar-refractivity contribution is 0.0679. The van der Waals surface area contributed by atoms with Gasteiger partial charge in [-0.15, -0.1) is 0 Å². The minimum Gasteiger partial charge on any atom is -0.350 e. The van der Waals surface area contributed by atoms with Crippen molar-refractivity contribution >= 4 is 11.8 Å². The summed E-state index contributed by atoms with van der Waals surface area (Å²) >= 11 is 0. The molecule has 2 N–H and O–H groups in total. The first-order chi connectivity index (χ1) is 13.3. The molecule has 1 saturated heterocycles. The molecule has 150 valence electrons. The van der Waals surface area contributed by atoms with Gasteiger partial charge in [0.15, 0.2) is 5.69 Å². The number of carbonyl (C=O) groups is 2. The Morgan fingerprint density at radius 1 is 1.18 bits per heavy atom. The first-order valence-corrected chi connectivity index (χ1v) is 9.98. The SMILES string of the molecule is CC(C)(C)CNC(=O)c1nc[nH]c1C(=O)N1CCC(Cc2ccccc2)CC1. The topological polar surface area (TPSA) is 78.1 Å². The average Bonchev–Trinajstić information content (AvgIpc) is 3.16. The molecule has 1 aliphatic heterocycles. The predicted octanol–water partition coefficient (Wildman–Crippen LogP) is 3.28. The van der Waals surface area contributed by atoms with Crippen molar-refractivity contribution in [1.29, 1.82) is 0 Å². The number of amides is 2. The van der Waals surface area contributed by atoms with Crippen molar-refractivity contribution in [2.75, 3.05) is 19.6 Å². The monoisotopic (exact) mass is 382 g/mol. The number of imidazole rings is 1. The van der Waals surface area contributed by atoms with Gasteiger partial charge in [-0.1, -0.05) is 51.1 Å². The summed E-state index contributed by atoms with van der Waals surface area (Å²) in [6, 6.07) is 10.5.